The van der Waals surface area contributed by atoms with Crippen LogP contribution in [0.4, 0.5) is 0 Å². The molecule has 0 aromatic heterocycles. The zero-order valence-corrected chi connectivity index (χ0v) is 26.9. The number of nitrogens with zero attached hydrogens (tertiary/aromatic N) is 1. The average molecular weight is 617 g/mol. The number of halogens is 2. The number of fused-ring (bicyclic) bond motifs is 1. The Morgan fingerprint density at radius 3 is 2.52 bits per heavy atom. The molecule has 1 aliphatic heterocycles. The lowest BCUT2D eigenvalue weighted by molar-refractivity contribution is -0.945. The number of amides is 1. The minimum absolute atomic E-state index is 0.0475. The Morgan fingerprint density at radius 2 is 1.86 bits per heavy atom. The Morgan fingerprint density at radius 1 is 1.07 bits per heavy atom. The molecule has 228 valence electrons. The number of methoxy groups -OCH3 is 1. The third-order valence-electron chi connectivity index (χ3n) is 9.74. The highest BCUT2D eigenvalue weighted by Crippen LogP contribution is 2.56. The molecule has 42 heavy (non-hydrogen) atoms. The van der Waals surface area contributed by atoms with Crippen LogP contribution in [-0.2, 0) is 26.2 Å². The molecule has 2 aliphatic carbocycles. The van der Waals surface area contributed by atoms with Gasteiger partial charge in [-0.1, -0.05) is 55.2 Å². The number of piperidine rings is 1. The lowest BCUT2D eigenvalue weighted by atomic mass is 9.54. The van der Waals surface area contributed by atoms with E-state index >= 15 is 0 Å². The SMILES string of the molecule is COc1cccc([C@]23CC[N@+](CC(C)C)(CC4CC4)CC2(OC(C)=O)CC[C@H](NC(=O)Cc2ccc(Cl)c(Cl)c2)C3)c1. The van der Waals surface area contributed by atoms with Crippen molar-refractivity contribution < 1.29 is 23.5 Å². The molecule has 1 heterocycles. The first-order valence-electron chi connectivity index (χ1n) is 15.4. The van der Waals surface area contributed by atoms with Gasteiger partial charge < -0.3 is 19.3 Å². The van der Waals surface area contributed by atoms with E-state index in [0.29, 0.717) is 28.8 Å². The summed E-state index contributed by atoms with van der Waals surface area (Å²) in [5, 5.41) is 4.25. The molecular weight excluding hydrogens is 571 g/mol. The Bertz CT molecular complexity index is 1310. The summed E-state index contributed by atoms with van der Waals surface area (Å²) in [6, 6.07) is 13.5. The number of rotatable bonds is 10. The fraction of sp³-hybridized carbons (Fsp3) is 0.588. The van der Waals surface area contributed by atoms with Gasteiger partial charge in [0.15, 0.2) is 5.60 Å². The molecule has 2 saturated carbocycles. The summed E-state index contributed by atoms with van der Waals surface area (Å²) in [6.07, 6.45) is 5.85. The predicted molar refractivity (Wildman–Crippen MR) is 167 cm³/mol. The summed E-state index contributed by atoms with van der Waals surface area (Å²) >= 11 is 12.3. The first-order chi connectivity index (χ1) is 20.0. The van der Waals surface area contributed by atoms with E-state index in [1.807, 2.05) is 18.2 Å². The number of hydrogen-bond donors (Lipinski definition) is 1. The third kappa shape index (κ3) is 6.61. The molecule has 3 fully saturated rings. The van der Waals surface area contributed by atoms with Crippen molar-refractivity contribution in [2.45, 2.75) is 82.8 Å². The highest BCUT2D eigenvalue weighted by molar-refractivity contribution is 6.42. The molecule has 6 nitrogen and oxygen atoms in total. The molecule has 0 bridgehead atoms. The zero-order valence-electron chi connectivity index (χ0n) is 25.4. The van der Waals surface area contributed by atoms with E-state index in [1.165, 1.54) is 12.8 Å². The van der Waals surface area contributed by atoms with Gasteiger partial charge in [-0.3, -0.25) is 9.59 Å². The molecule has 8 heteroatoms. The maximum Gasteiger partial charge on any atom is 0.303 e. The number of quaternary nitrogens is 1. The molecule has 2 aromatic carbocycles. The second-order valence-electron chi connectivity index (χ2n) is 13.5. The van der Waals surface area contributed by atoms with Crippen LogP contribution in [0, 0.1) is 11.8 Å². The van der Waals surface area contributed by atoms with Gasteiger partial charge in [0, 0.05) is 36.6 Å². The van der Waals surface area contributed by atoms with Crippen molar-refractivity contribution in [1.82, 2.24) is 5.32 Å². The number of nitrogens with one attached hydrogen (secondary N) is 1. The summed E-state index contributed by atoms with van der Waals surface area (Å²) in [4.78, 5) is 26.2. The van der Waals surface area contributed by atoms with Crippen LogP contribution in [0.3, 0.4) is 0 Å². The fourth-order valence-electron chi connectivity index (χ4n) is 8.11. The number of esters is 1. The number of carbonyl (C=O) groups excluding carboxylic acids is 2. The quantitative estimate of drug-likeness (QED) is 0.237. The van der Waals surface area contributed by atoms with Gasteiger partial charge in [0.1, 0.15) is 12.3 Å². The summed E-state index contributed by atoms with van der Waals surface area (Å²) < 4.78 is 13.3. The van der Waals surface area contributed by atoms with Gasteiger partial charge in [-0.05, 0) is 67.5 Å². The summed E-state index contributed by atoms with van der Waals surface area (Å²) in [5.74, 6) is 1.81. The first-order valence-corrected chi connectivity index (χ1v) is 16.2. The van der Waals surface area contributed by atoms with Gasteiger partial charge >= 0.3 is 5.97 Å². The lowest BCUT2D eigenvalue weighted by Crippen LogP contribution is -2.74. The van der Waals surface area contributed by atoms with E-state index in [-0.39, 0.29) is 24.3 Å². The maximum absolute atomic E-state index is 13.3. The van der Waals surface area contributed by atoms with Crippen molar-refractivity contribution in [1.29, 1.82) is 0 Å². The van der Waals surface area contributed by atoms with Crippen molar-refractivity contribution in [2.75, 3.05) is 33.3 Å². The van der Waals surface area contributed by atoms with E-state index in [9.17, 15) is 9.59 Å². The van der Waals surface area contributed by atoms with Gasteiger partial charge in [-0.15, -0.1) is 0 Å². The Balaban J connectivity index is 1.49. The van der Waals surface area contributed by atoms with E-state index < -0.39 is 11.0 Å². The minimum atomic E-state index is -0.668. The van der Waals surface area contributed by atoms with Crippen molar-refractivity contribution in [3.63, 3.8) is 0 Å². The minimum Gasteiger partial charge on any atom is -0.497 e. The topological polar surface area (TPSA) is 64.6 Å². The smallest absolute Gasteiger partial charge is 0.303 e. The largest absolute Gasteiger partial charge is 0.497 e. The van der Waals surface area contributed by atoms with E-state index in [4.69, 9.17) is 32.7 Å². The van der Waals surface area contributed by atoms with Crippen LogP contribution in [0.25, 0.3) is 0 Å². The van der Waals surface area contributed by atoms with Crippen molar-refractivity contribution in [3.8, 4) is 5.75 Å². The van der Waals surface area contributed by atoms with E-state index in [2.05, 4.69) is 31.3 Å². The third-order valence-corrected chi connectivity index (χ3v) is 10.5. The summed E-state index contributed by atoms with van der Waals surface area (Å²) in [6.45, 7) is 10.2. The molecule has 1 N–H and O–H groups in total. The summed E-state index contributed by atoms with van der Waals surface area (Å²) in [7, 11) is 1.68. The molecule has 5 rings (SSSR count). The van der Waals surface area contributed by atoms with Crippen LogP contribution in [0.15, 0.2) is 42.5 Å². The number of ether oxygens (including phenoxy) is 2. The van der Waals surface area contributed by atoms with Gasteiger partial charge in [0.2, 0.25) is 5.91 Å². The van der Waals surface area contributed by atoms with Crippen LogP contribution < -0.4 is 10.1 Å². The Labute approximate surface area is 260 Å². The molecule has 0 radical (unpaired) electrons. The van der Waals surface area contributed by atoms with Crippen LogP contribution >= 0.6 is 23.2 Å². The van der Waals surface area contributed by atoms with Gasteiger partial charge in [-0.25, -0.2) is 0 Å². The van der Waals surface area contributed by atoms with Gasteiger partial charge in [0.25, 0.3) is 0 Å². The second kappa shape index (κ2) is 12.4. The molecular formula is C34H45Cl2N2O4+. The molecule has 1 amide bonds. The Hall–Kier alpha value is -2.28. The normalized spacial score (nSPS) is 29.1. The molecule has 2 aromatic rings. The Kier molecular flexibility index (Phi) is 9.18. The first kappa shape index (κ1) is 31.2. The molecule has 4 atom stereocenters. The van der Waals surface area contributed by atoms with Crippen molar-refractivity contribution in [3.05, 3.63) is 63.6 Å². The monoisotopic (exact) mass is 615 g/mol. The number of benzene rings is 2. The molecule has 1 saturated heterocycles. The predicted octanol–water partition coefficient (Wildman–Crippen LogP) is 6.74. The average Bonchev–Trinajstić information content (AvgIpc) is 3.74. The van der Waals surface area contributed by atoms with Crippen LogP contribution in [-0.4, -0.2) is 61.3 Å². The number of hydrogen-bond acceptors (Lipinski definition) is 4. The second-order valence-corrected chi connectivity index (χ2v) is 14.3. The van der Waals surface area contributed by atoms with Crippen molar-refractivity contribution in [2.24, 2.45) is 11.8 Å². The standard InChI is InChI=1S/C34H44Cl2N2O4/c1-23(2)20-38(21-25-8-9-25)15-14-33(27-6-5-7-29(18-27)41-4)19-28(12-13-34(33,22-38)42-24(3)39)37-32(40)17-26-10-11-30(35)31(36)16-26/h5-7,10-11,16,18,23,25,28H,8-9,12-15,17,19-22H2,1-4H3/p+1/t28-,33+,34?,38-/m0/s1. The molecule has 0 spiro atoms. The van der Waals surface area contributed by atoms with Gasteiger partial charge in [0.05, 0.1) is 43.2 Å². The van der Waals surface area contributed by atoms with Gasteiger partial charge in [-0.2, -0.15) is 0 Å². The summed E-state index contributed by atoms with van der Waals surface area (Å²) in [5.41, 5.74) is 0.830. The molecule has 3 aliphatic rings. The highest BCUT2D eigenvalue weighted by Gasteiger charge is 2.65. The van der Waals surface area contributed by atoms with Crippen LogP contribution in [0.1, 0.15) is 70.4 Å². The zero-order chi connectivity index (χ0) is 30.1. The highest BCUT2D eigenvalue weighted by atomic mass is 35.5. The van der Waals surface area contributed by atoms with Crippen LogP contribution in [0.2, 0.25) is 10.0 Å². The number of likely N-dealkylation sites (tertiary alicyclic amines) is 1. The molecule has 1 unspecified atom stereocenters. The van der Waals surface area contributed by atoms with E-state index in [0.717, 1.165) is 66.3 Å². The maximum atomic E-state index is 13.3. The lowest BCUT2D eigenvalue weighted by Gasteiger charge is -2.62. The fourth-order valence-corrected chi connectivity index (χ4v) is 8.43. The number of carbonyl (C=O) groups is 2. The van der Waals surface area contributed by atoms with E-state index in [1.54, 1.807) is 26.2 Å². The van der Waals surface area contributed by atoms with Crippen molar-refractivity contribution >= 4 is 35.1 Å². The van der Waals surface area contributed by atoms with Crippen LogP contribution in [0.5, 0.6) is 5.75 Å².